The number of rotatable bonds is 5. The Kier molecular flexibility index (Phi) is 5.09. The number of methoxy groups -OCH3 is 1. The Morgan fingerprint density at radius 3 is 2.59 bits per heavy atom. The normalized spacial score (nSPS) is 15.9. The van der Waals surface area contributed by atoms with Gasteiger partial charge in [0.25, 0.3) is 0 Å². The molecule has 0 saturated heterocycles. The van der Waals surface area contributed by atoms with Gasteiger partial charge in [0, 0.05) is 6.04 Å². The van der Waals surface area contributed by atoms with Crippen LogP contribution in [0.25, 0.3) is 0 Å². The Morgan fingerprint density at radius 2 is 2.06 bits per heavy atom. The largest absolute Gasteiger partial charge is 0.493 e. The van der Waals surface area contributed by atoms with Gasteiger partial charge in [-0.1, -0.05) is 6.07 Å². The third-order valence-corrected chi connectivity index (χ3v) is 3.00. The molecule has 0 spiro atoms. The molecule has 0 aromatic heterocycles. The summed E-state index contributed by atoms with van der Waals surface area (Å²) in [5.74, 6) is 2.22. The lowest BCUT2D eigenvalue weighted by atomic mass is 10.0. The zero-order chi connectivity index (χ0) is 11.5. The summed E-state index contributed by atoms with van der Waals surface area (Å²) in [6.07, 6.45) is 2.49. The summed E-state index contributed by atoms with van der Waals surface area (Å²) >= 11 is 0. The van der Waals surface area contributed by atoms with Crippen LogP contribution in [0.2, 0.25) is 0 Å². The average Bonchev–Trinajstić information content (AvgIpc) is 3.12. The predicted octanol–water partition coefficient (Wildman–Crippen LogP) is 2.93. The minimum absolute atomic E-state index is 0. The molecule has 1 saturated carbocycles. The van der Waals surface area contributed by atoms with Gasteiger partial charge in [0.2, 0.25) is 0 Å². The second kappa shape index (κ2) is 6.12. The number of benzene rings is 1. The molecular weight excluding hydrogens is 238 g/mol. The second-order valence-electron chi connectivity index (χ2n) is 4.21. The SMILES string of the molecule is CCOc1cc([C@H](N)C2CC2)ccc1OC.Cl. The van der Waals surface area contributed by atoms with Crippen LogP contribution in [-0.2, 0) is 0 Å². The summed E-state index contributed by atoms with van der Waals surface area (Å²) in [4.78, 5) is 0. The molecule has 1 aliphatic carbocycles. The molecule has 4 heteroatoms. The van der Waals surface area contributed by atoms with Gasteiger partial charge in [-0.15, -0.1) is 12.4 Å². The summed E-state index contributed by atoms with van der Waals surface area (Å²) in [5, 5.41) is 0. The highest BCUT2D eigenvalue weighted by molar-refractivity contribution is 5.85. The average molecular weight is 258 g/mol. The molecule has 2 rings (SSSR count). The Morgan fingerprint density at radius 1 is 1.35 bits per heavy atom. The van der Waals surface area contributed by atoms with Crippen LogP contribution < -0.4 is 15.2 Å². The van der Waals surface area contributed by atoms with Crippen molar-refractivity contribution in [3.05, 3.63) is 23.8 Å². The fourth-order valence-electron chi connectivity index (χ4n) is 1.90. The molecule has 0 radical (unpaired) electrons. The molecule has 0 unspecified atom stereocenters. The van der Waals surface area contributed by atoms with Crippen molar-refractivity contribution >= 4 is 12.4 Å². The monoisotopic (exact) mass is 257 g/mol. The first kappa shape index (κ1) is 14.1. The fourth-order valence-corrected chi connectivity index (χ4v) is 1.90. The van der Waals surface area contributed by atoms with E-state index in [2.05, 4.69) is 0 Å². The molecule has 1 atom stereocenters. The third kappa shape index (κ3) is 3.27. The van der Waals surface area contributed by atoms with Gasteiger partial charge in [-0.3, -0.25) is 0 Å². The van der Waals surface area contributed by atoms with E-state index < -0.39 is 0 Å². The lowest BCUT2D eigenvalue weighted by molar-refractivity contribution is 0.310. The molecule has 1 aromatic carbocycles. The summed E-state index contributed by atoms with van der Waals surface area (Å²) in [6, 6.07) is 6.11. The predicted molar refractivity (Wildman–Crippen MR) is 71.1 cm³/mol. The Hall–Kier alpha value is -0.930. The molecule has 0 bridgehead atoms. The van der Waals surface area contributed by atoms with E-state index in [4.69, 9.17) is 15.2 Å². The maximum atomic E-state index is 6.16. The van der Waals surface area contributed by atoms with Gasteiger partial charge in [-0.05, 0) is 43.4 Å². The second-order valence-corrected chi connectivity index (χ2v) is 4.21. The van der Waals surface area contributed by atoms with Gasteiger partial charge in [-0.25, -0.2) is 0 Å². The van der Waals surface area contributed by atoms with Crippen LogP contribution in [0.15, 0.2) is 18.2 Å². The van der Waals surface area contributed by atoms with E-state index >= 15 is 0 Å². The van der Waals surface area contributed by atoms with Crippen molar-refractivity contribution in [1.29, 1.82) is 0 Å². The molecule has 17 heavy (non-hydrogen) atoms. The van der Waals surface area contributed by atoms with Crippen LogP contribution in [0.1, 0.15) is 31.4 Å². The minimum atomic E-state index is 0. The number of hydrogen-bond acceptors (Lipinski definition) is 3. The van der Waals surface area contributed by atoms with Gasteiger partial charge in [0.15, 0.2) is 11.5 Å². The van der Waals surface area contributed by atoms with Crippen LogP contribution >= 0.6 is 12.4 Å². The molecule has 0 amide bonds. The van der Waals surface area contributed by atoms with Gasteiger partial charge in [-0.2, -0.15) is 0 Å². The zero-order valence-electron chi connectivity index (χ0n) is 10.3. The van der Waals surface area contributed by atoms with E-state index in [1.165, 1.54) is 12.8 Å². The van der Waals surface area contributed by atoms with Crippen LogP contribution in [0, 0.1) is 5.92 Å². The van der Waals surface area contributed by atoms with Gasteiger partial charge < -0.3 is 15.2 Å². The maximum Gasteiger partial charge on any atom is 0.161 e. The summed E-state index contributed by atoms with van der Waals surface area (Å²) in [5.41, 5.74) is 7.31. The quantitative estimate of drug-likeness (QED) is 0.882. The highest BCUT2D eigenvalue weighted by Gasteiger charge is 2.29. The van der Waals surface area contributed by atoms with Crippen molar-refractivity contribution in [1.82, 2.24) is 0 Å². The fraction of sp³-hybridized carbons (Fsp3) is 0.538. The molecule has 0 heterocycles. The van der Waals surface area contributed by atoms with Crippen molar-refractivity contribution < 1.29 is 9.47 Å². The first-order valence-corrected chi connectivity index (χ1v) is 5.82. The number of ether oxygens (including phenoxy) is 2. The molecule has 0 aliphatic heterocycles. The smallest absolute Gasteiger partial charge is 0.161 e. The van der Waals surface area contributed by atoms with Crippen molar-refractivity contribution in [2.75, 3.05) is 13.7 Å². The summed E-state index contributed by atoms with van der Waals surface area (Å²) < 4.78 is 10.8. The Bertz CT molecular complexity index is 366. The standard InChI is InChI=1S/C13H19NO2.ClH/c1-3-16-12-8-10(6-7-11(12)15-2)13(14)9-4-5-9;/h6-9,13H,3-5,14H2,1-2H3;1H/t13-;/m1./s1. The third-order valence-electron chi connectivity index (χ3n) is 3.00. The first-order chi connectivity index (χ1) is 7.76. The Labute approximate surface area is 109 Å². The van der Waals surface area contributed by atoms with Gasteiger partial charge in [0.05, 0.1) is 13.7 Å². The zero-order valence-corrected chi connectivity index (χ0v) is 11.1. The van der Waals surface area contributed by atoms with Crippen molar-refractivity contribution in [2.24, 2.45) is 11.7 Å². The summed E-state index contributed by atoms with van der Waals surface area (Å²) in [7, 11) is 1.65. The number of halogens is 1. The first-order valence-electron chi connectivity index (χ1n) is 5.82. The Balaban J connectivity index is 0.00000144. The molecular formula is C13H20ClNO2. The summed E-state index contributed by atoms with van der Waals surface area (Å²) in [6.45, 7) is 2.60. The van der Waals surface area contributed by atoms with Crippen molar-refractivity contribution in [3.63, 3.8) is 0 Å². The van der Waals surface area contributed by atoms with Crippen molar-refractivity contribution in [2.45, 2.75) is 25.8 Å². The maximum absolute atomic E-state index is 6.16. The lowest BCUT2D eigenvalue weighted by Gasteiger charge is -2.15. The highest BCUT2D eigenvalue weighted by Crippen LogP contribution is 2.41. The van der Waals surface area contributed by atoms with E-state index in [1.54, 1.807) is 7.11 Å². The lowest BCUT2D eigenvalue weighted by Crippen LogP contribution is -2.12. The van der Waals surface area contributed by atoms with E-state index in [0.717, 1.165) is 17.1 Å². The number of nitrogens with two attached hydrogens (primary N) is 1. The molecule has 2 N–H and O–H groups in total. The van der Waals surface area contributed by atoms with E-state index in [-0.39, 0.29) is 18.4 Å². The van der Waals surface area contributed by atoms with E-state index in [0.29, 0.717) is 12.5 Å². The highest BCUT2D eigenvalue weighted by atomic mass is 35.5. The van der Waals surface area contributed by atoms with Crippen LogP contribution in [0.5, 0.6) is 11.5 Å². The molecule has 1 aliphatic rings. The topological polar surface area (TPSA) is 44.5 Å². The molecule has 1 fully saturated rings. The molecule has 1 aromatic rings. The van der Waals surface area contributed by atoms with Crippen LogP contribution in [0.4, 0.5) is 0 Å². The van der Waals surface area contributed by atoms with Gasteiger partial charge in [0.1, 0.15) is 0 Å². The number of hydrogen-bond donors (Lipinski definition) is 1. The molecule has 96 valence electrons. The van der Waals surface area contributed by atoms with Crippen LogP contribution in [-0.4, -0.2) is 13.7 Å². The van der Waals surface area contributed by atoms with Gasteiger partial charge >= 0.3 is 0 Å². The van der Waals surface area contributed by atoms with E-state index in [9.17, 15) is 0 Å². The van der Waals surface area contributed by atoms with E-state index in [1.807, 2.05) is 25.1 Å². The minimum Gasteiger partial charge on any atom is -0.493 e. The van der Waals surface area contributed by atoms with Crippen molar-refractivity contribution in [3.8, 4) is 11.5 Å². The molecule has 3 nitrogen and oxygen atoms in total. The van der Waals surface area contributed by atoms with Crippen LogP contribution in [0.3, 0.4) is 0 Å².